The maximum atomic E-state index is 12.6. The number of aliphatic hydroxyl groups excluding tert-OH is 1. The van der Waals surface area contributed by atoms with Crippen LogP contribution in [0.1, 0.15) is 27.6 Å². The van der Waals surface area contributed by atoms with Crippen LogP contribution in [0.3, 0.4) is 0 Å². The van der Waals surface area contributed by atoms with Crippen molar-refractivity contribution in [2.45, 2.75) is 13.0 Å². The number of carbonyl (C=O) groups excluding carboxylic acids is 4. The van der Waals surface area contributed by atoms with Crippen LogP contribution in [0.4, 0.5) is 5.69 Å². The van der Waals surface area contributed by atoms with E-state index in [1.54, 1.807) is 42.5 Å². The summed E-state index contributed by atoms with van der Waals surface area (Å²) in [5.74, 6) is -2.07. The molecule has 0 radical (unpaired) electrons. The Kier molecular flexibility index (Phi) is 7.57. The molecule has 0 saturated heterocycles. The first-order valence-corrected chi connectivity index (χ1v) is 10.2. The van der Waals surface area contributed by atoms with Gasteiger partial charge in [-0.2, -0.15) is 0 Å². The van der Waals surface area contributed by atoms with Gasteiger partial charge < -0.3 is 24.8 Å². The largest absolute Gasteiger partial charge is 0.466 e. The van der Waals surface area contributed by atoms with Crippen LogP contribution in [0, 0.1) is 0 Å². The third-order valence-corrected chi connectivity index (χ3v) is 5.05. The van der Waals surface area contributed by atoms with E-state index >= 15 is 0 Å². The van der Waals surface area contributed by atoms with E-state index in [9.17, 15) is 19.2 Å². The van der Waals surface area contributed by atoms with E-state index in [4.69, 9.17) is 14.6 Å². The fraction of sp³-hybridized carbons (Fsp3) is 0.250. The number of methoxy groups -OCH3 is 1. The minimum absolute atomic E-state index is 0.0200. The number of aliphatic hydroxyl groups is 1. The van der Waals surface area contributed by atoms with E-state index in [1.165, 1.54) is 31.1 Å². The molecule has 0 fully saturated rings. The lowest BCUT2D eigenvalue weighted by Gasteiger charge is -2.15. The van der Waals surface area contributed by atoms with Crippen LogP contribution in [0.15, 0.2) is 65.9 Å². The molecule has 1 atom stereocenters. The van der Waals surface area contributed by atoms with Gasteiger partial charge in [-0.15, -0.1) is 0 Å². The molecule has 33 heavy (non-hydrogen) atoms. The average molecular weight is 452 g/mol. The third-order valence-electron chi connectivity index (χ3n) is 5.05. The first kappa shape index (κ1) is 23.7. The van der Waals surface area contributed by atoms with Crippen molar-refractivity contribution in [3.8, 4) is 0 Å². The molecule has 9 nitrogen and oxygen atoms in total. The lowest BCUT2D eigenvalue weighted by atomic mass is 10.1. The number of carbonyl (C=O) groups is 4. The monoisotopic (exact) mass is 452 g/mol. The number of nitrogens with zero attached hydrogens (tertiary/aromatic N) is 1. The predicted molar refractivity (Wildman–Crippen MR) is 118 cm³/mol. The molecule has 172 valence electrons. The van der Waals surface area contributed by atoms with E-state index in [1.807, 2.05) is 0 Å². The van der Waals surface area contributed by atoms with E-state index in [-0.39, 0.29) is 42.3 Å². The quantitative estimate of drug-likeness (QED) is 0.436. The Bertz CT molecular complexity index is 1080. The summed E-state index contributed by atoms with van der Waals surface area (Å²) in [7, 11) is 1.22. The van der Waals surface area contributed by atoms with Crippen LogP contribution >= 0.6 is 0 Å². The lowest BCUT2D eigenvalue weighted by Crippen LogP contribution is -2.31. The number of esters is 2. The topological polar surface area (TPSA) is 122 Å². The highest BCUT2D eigenvalue weighted by Crippen LogP contribution is 2.23. The summed E-state index contributed by atoms with van der Waals surface area (Å²) in [6, 6.07) is 14.6. The van der Waals surface area contributed by atoms with E-state index in [2.05, 4.69) is 5.32 Å². The molecule has 0 saturated carbocycles. The highest BCUT2D eigenvalue weighted by molar-refractivity contribution is 6.08. The van der Waals surface area contributed by atoms with Gasteiger partial charge in [-0.25, -0.2) is 9.59 Å². The summed E-state index contributed by atoms with van der Waals surface area (Å²) >= 11 is 0. The van der Waals surface area contributed by atoms with E-state index in [0.717, 1.165) is 0 Å². The minimum atomic E-state index is -0.959. The number of rotatable bonds is 9. The van der Waals surface area contributed by atoms with Gasteiger partial charge in [0, 0.05) is 17.8 Å². The Morgan fingerprint density at radius 1 is 1.03 bits per heavy atom. The van der Waals surface area contributed by atoms with Gasteiger partial charge in [0.05, 0.1) is 31.4 Å². The summed E-state index contributed by atoms with van der Waals surface area (Å²) in [5, 5.41) is 12.0. The maximum absolute atomic E-state index is 12.6. The lowest BCUT2D eigenvalue weighted by molar-refractivity contribution is -0.136. The number of hydrogen-bond donors (Lipinski definition) is 2. The number of benzene rings is 2. The van der Waals surface area contributed by atoms with Crippen LogP contribution in [0.5, 0.6) is 0 Å². The van der Waals surface area contributed by atoms with E-state index in [0.29, 0.717) is 11.3 Å². The summed E-state index contributed by atoms with van der Waals surface area (Å²) in [6.07, 6.45) is -0.959. The molecule has 1 aliphatic heterocycles. The molecule has 2 aromatic rings. The summed E-state index contributed by atoms with van der Waals surface area (Å²) in [6.45, 7) is 1.37. The molecule has 0 spiro atoms. The van der Waals surface area contributed by atoms with Crippen LogP contribution in [-0.2, 0) is 19.1 Å². The maximum Gasteiger partial charge on any atom is 0.338 e. The van der Waals surface area contributed by atoms with Crippen molar-refractivity contribution >= 4 is 29.3 Å². The fourth-order valence-corrected chi connectivity index (χ4v) is 3.30. The number of anilines is 1. The van der Waals surface area contributed by atoms with Crippen LogP contribution in [0.25, 0.3) is 0 Å². The van der Waals surface area contributed by atoms with Gasteiger partial charge in [0.1, 0.15) is 5.70 Å². The first-order chi connectivity index (χ1) is 15.8. The Morgan fingerprint density at radius 3 is 2.30 bits per heavy atom. The molecular weight excluding hydrogens is 428 g/mol. The van der Waals surface area contributed by atoms with Gasteiger partial charge >= 0.3 is 11.9 Å². The second-order valence-corrected chi connectivity index (χ2v) is 7.28. The van der Waals surface area contributed by atoms with Crippen molar-refractivity contribution in [3.63, 3.8) is 0 Å². The molecule has 2 N–H and O–H groups in total. The van der Waals surface area contributed by atoms with Crippen molar-refractivity contribution in [2.24, 2.45) is 0 Å². The minimum Gasteiger partial charge on any atom is -0.466 e. The third kappa shape index (κ3) is 5.45. The van der Waals surface area contributed by atoms with Crippen molar-refractivity contribution in [1.29, 1.82) is 0 Å². The van der Waals surface area contributed by atoms with Gasteiger partial charge in [-0.05, 0) is 31.2 Å². The predicted octanol–water partition coefficient (Wildman–Crippen LogP) is 1.79. The van der Waals surface area contributed by atoms with Crippen molar-refractivity contribution in [1.82, 2.24) is 4.90 Å². The summed E-state index contributed by atoms with van der Waals surface area (Å²) in [5.41, 5.74) is 1.31. The average Bonchev–Trinajstić information content (AvgIpc) is 3.14. The molecule has 0 bridgehead atoms. The molecule has 3 rings (SSSR count). The molecule has 2 aromatic carbocycles. The molecule has 1 heterocycles. The fourth-order valence-electron chi connectivity index (χ4n) is 3.30. The Balaban J connectivity index is 1.69. The molecule has 1 unspecified atom stereocenters. The Morgan fingerprint density at radius 2 is 1.70 bits per heavy atom. The van der Waals surface area contributed by atoms with Gasteiger partial charge in [0.15, 0.2) is 6.10 Å². The summed E-state index contributed by atoms with van der Waals surface area (Å²) in [4.78, 5) is 50.8. The molecule has 1 aliphatic rings. The second-order valence-electron chi connectivity index (χ2n) is 7.28. The number of nitrogens with one attached hydrogen (secondary N) is 1. The van der Waals surface area contributed by atoms with Crippen molar-refractivity contribution in [3.05, 3.63) is 77.0 Å². The molecule has 0 aliphatic carbocycles. The van der Waals surface area contributed by atoms with Crippen molar-refractivity contribution in [2.75, 3.05) is 32.1 Å². The number of amides is 1. The SMILES string of the molecule is COC(=O)C1=C(Nc2ccc(C(=O)OC(C)C(=O)c3ccccc3)cc2)C(=O)N(CCO)C1. The van der Waals surface area contributed by atoms with Gasteiger partial charge in [-0.3, -0.25) is 9.59 Å². The number of ketones is 1. The zero-order chi connectivity index (χ0) is 24.0. The van der Waals surface area contributed by atoms with Crippen LogP contribution < -0.4 is 5.32 Å². The van der Waals surface area contributed by atoms with Crippen LogP contribution in [-0.4, -0.2) is 66.5 Å². The van der Waals surface area contributed by atoms with Gasteiger partial charge in [-0.1, -0.05) is 30.3 Å². The van der Waals surface area contributed by atoms with Crippen molar-refractivity contribution < 1.29 is 33.8 Å². The van der Waals surface area contributed by atoms with Crippen LogP contribution in [0.2, 0.25) is 0 Å². The summed E-state index contributed by atoms with van der Waals surface area (Å²) < 4.78 is 10.0. The first-order valence-electron chi connectivity index (χ1n) is 10.2. The van der Waals surface area contributed by atoms with Gasteiger partial charge in [0.2, 0.25) is 5.78 Å². The molecular formula is C24H24N2O7. The molecule has 9 heteroatoms. The Hall–Kier alpha value is -3.98. The smallest absolute Gasteiger partial charge is 0.338 e. The molecule has 1 amide bonds. The van der Waals surface area contributed by atoms with Gasteiger partial charge in [0.25, 0.3) is 5.91 Å². The number of Topliss-reactive ketones (excluding diaryl/α,β-unsaturated/α-hetero) is 1. The standard InChI is InChI=1S/C24H24N2O7/c1-15(21(28)16-6-4-3-5-7-16)33-23(30)17-8-10-18(11-9-17)25-20-19(24(31)32-2)14-26(12-13-27)22(20)29/h3-11,15,25,27H,12-14H2,1-2H3. The number of β-amino-alcohol motifs (C(OH)–C–C–N with tert-alkyl or cyclic N) is 1. The highest BCUT2D eigenvalue weighted by Gasteiger charge is 2.34. The van der Waals surface area contributed by atoms with E-state index < -0.39 is 23.9 Å². The number of ether oxygens (including phenoxy) is 2. The number of hydrogen-bond acceptors (Lipinski definition) is 8. The zero-order valence-electron chi connectivity index (χ0n) is 18.2. The Labute approximate surface area is 190 Å². The zero-order valence-corrected chi connectivity index (χ0v) is 18.2. The highest BCUT2D eigenvalue weighted by atomic mass is 16.5. The molecule has 0 aromatic heterocycles. The normalized spacial score (nSPS) is 14.2. The second kappa shape index (κ2) is 10.6.